The molecule has 0 fully saturated rings. The zero-order valence-electron chi connectivity index (χ0n) is 13.8. The van der Waals surface area contributed by atoms with E-state index in [1.165, 1.54) is 14.2 Å². The molecule has 0 heterocycles. The van der Waals surface area contributed by atoms with Gasteiger partial charge in [0.1, 0.15) is 17.1 Å². The fourth-order valence-corrected chi connectivity index (χ4v) is 2.87. The van der Waals surface area contributed by atoms with Gasteiger partial charge in [0.05, 0.1) is 14.2 Å². The van der Waals surface area contributed by atoms with E-state index in [0.29, 0.717) is 11.3 Å². The molecule has 4 heteroatoms. The predicted molar refractivity (Wildman–Crippen MR) is 93.7 cm³/mol. The van der Waals surface area contributed by atoms with Gasteiger partial charge in [0.2, 0.25) is 0 Å². The Bertz CT molecular complexity index is 928. The lowest BCUT2D eigenvalue weighted by Crippen LogP contribution is -2.04. The highest BCUT2D eigenvalue weighted by Crippen LogP contribution is 2.38. The second kappa shape index (κ2) is 6.24. The first-order valence-corrected chi connectivity index (χ1v) is 7.55. The second-order valence-corrected chi connectivity index (χ2v) is 5.53. The molecule has 4 nitrogen and oxygen atoms in total. The molecule has 0 saturated heterocycles. The molecule has 3 rings (SSSR count). The molecule has 0 amide bonds. The van der Waals surface area contributed by atoms with Crippen molar-refractivity contribution < 1.29 is 19.4 Å². The van der Waals surface area contributed by atoms with Gasteiger partial charge in [-0.3, -0.25) is 0 Å². The van der Waals surface area contributed by atoms with Crippen molar-refractivity contribution in [1.29, 1.82) is 0 Å². The van der Waals surface area contributed by atoms with E-state index in [2.05, 4.69) is 0 Å². The Labute approximate surface area is 140 Å². The summed E-state index contributed by atoms with van der Waals surface area (Å²) >= 11 is 0. The molecule has 0 spiro atoms. The maximum Gasteiger partial charge on any atom is 0.341 e. The highest BCUT2D eigenvalue weighted by atomic mass is 16.5. The first-order valence-electron chi connectivity index (χ1n) is 7.55. The van der Waals surface area contributed by atoms with E-state index < -0.39 is 5.97 Å². The zero-order valence-corrected chi connectivity index (χ0v) is 13.8. The molecule has 0 bridgehead atoms. The van der Waals surface area contributed by atoms with Gasteiger partial charge >= 0.3 is 5.97 Å². The van der Waals surface area contributed by atoms with Gasteiger partial charge in [-0.05, 0) is 47.2 Å². The molecule has 0 saturated carbocycles. The Morgan fingerprint density at radius 1 is 1.04 bits per heavy atom. The van der Waals surface area contributed by atoms with E-state index >= 15 is 0 Å². The third-order valence-electron chi connectivity index (χ3n) is 4.19. The smallest absolute Gasteiger partial charge is 0.341 e. The second-order valence-electron chi connectivity index (χ2n) is 5.53. The lowest BCUT2D eigenvalue weighted by molar-refractivity contribution is 0.0597. The summed E-state index contributed by atoms with van der Waals surface area (Å²) in [5, 5.41) is 12.3. The predicted octanol–water partition coefficient (Wildman–Crippen LogP) is 4.32. The normalized spacial score (nSPS) is 10.6. The van der Waals surface area contributed by atoms with Gasteiger partial charge in [0, 0.05) is 5.39 Å². The van der Waals surface area contributed by atoms with Gasteiger partial charge in [0.15, 0.2) is 0 Å². The van der Waals surface area contributed by atoms with Crippen molar-refractivity contribution in [3.63, 3.8) is 0 Å². The first-order chi connectivity index (χ1) is 11.6. The summed E-state index contributed by atoms with van der Waals surface area (Å²) in [4.78, 5) is 11.8. The van der Waals surface area contributed by atoms with E-state index in [4.69, 9.17) is 9.47 Å². The Morgan fingerprint density at radius 2 is 1.79 bits per heavy atom. The number of carbonyl (C=O) groups is 1. The molecule has 0 aliphatic carbocycles. The van der Waals surface area contributed by atoms with Crippen molar-refractivity contribution >= 4 is 16.7 Å². The van der Waals surface area contributed by atoms with Gasteiger partial charge < -0.3 is 14.6 Å². The molecule has 0 aliphatic rings. The lowest BCUT2D eigenvalue weighted by atomic mass is 9.94. The summed E-state index contributed by atoms with van der Waals surface area (Å²) in [6.45, 7) is 1.87. The lowest BCUT2D eigenvalue weighted by Gasteiger charge is -2.14. The Kier molecular flexibility index (Phi) is 4.13. The van der Waals surface area contributed by atoms with Crippen molar-refractivity contribution in [2.24, 2.45) is 0 Å². The van der Waals surface area contributed by atoms with E-state index in [9.17, 15) is 9.90 Å². The SMILES string of the molecule is COC(=O)c1ccc(-c2cc3ccccc3c(O)c2C)cc1OC. The number of hydrogen-bond acceptors (Lipinski definition) is 4. The number of ether oxygens (including phenoxy) is 2. The van der Waals surface area contributed by atoms with Crippen LogP contribution in [0, 0.1) is 6.92 Å². The molecular formula is C20H18O4. The number of methoxy groups -OCH3 is 2. The molecule has 3 aromatic rings. The summed E-state index contributed by atoms with van der Waals surface area (Å²) in [6, 6.07) is 15.0. The van der Waals surface area contributed by atoms with Crippen LogP contribution in [0.2, 0.25) is 0 Å². The molecule has 0 unspecified atom stereocenters. The Morgan fingerprint density at radius 3 is 2.50 bits per heavy atom. The number of phenols is 1. The number of phenolic OH excluding ortho intramolecular Hbond substituents is 1. The number of benzene rings is 3. The van der Waals surface area contributed by atoms with Gasteiger partial charge in [-0.15, -0.1) is 0 Å². The molecule has 122 valence electrons. The Hall–Kier alpha value is -3.01. The van der Waals surface area contributed by atoms with Crippen LogP contribution in [0.25, 0.3) is 21.9 Å². The maximum absolute atomic E-state index is 11.8. The highest BCUT2D eigenvalue weighted by molar-refractivity contribution is 5.96. The molecule has 24 heavy (non-hydrogen) atoms. The number of fused-ring (bicyclic) bond motifs is 1. The average molecular weight is 322 g/mol. The number of hydrogen-bond donors (Lipinski definition) is 1. The minimum absolute atomic E-state index is 0.263. The standard InChI is InChI=1S/C20H18O4/c1-12-17(10-13-6-4-5-7-15(13)19(12)21)14-8-9-16(20(22)24-3)18(11-14)23-2/h4-11,21H,1-3H3. The fourth-order valence-electron chi connectivity index (χ4n) is 2.87. The first kappa shape index (κ1) is 15.9. The molecule has 0 radical (unpaired) electrons. The Balaban J connectivity index is 2.21. The summed E-state index contributed by atoms with van der Waals surface area (Å²) in [5.74, 6) is 0.252. The van der Waals surface area contributed by atoms with Crippen molar-refractivity contribution in [3.05, 3.63) is 59.7 Å². The van der Waals surface area contributed by atoms with Crippen LogP contribution < -0.4 is 4.74 Å². The van der Waals surface area contributed by atoms with E-state index in [1.807, 2.05) is 43.3 Å². The molecule has 3 aromatic carbocycles. The highest BCUT2D eigenvalue weighted by Gasteiger charge is 2.16. The van der Waals surface area contributed by atoms with Crippen LogP contribution in [0.4, 0.5) is 0 Å². The van der Waals surface area contributed by atoms with Gasteiger partial charge in [-0.25, -0.2) is 4.79 Å². The number of rotatable bonds is 3. The minimum Gasteiger partial charge on any atom is -0.507 e. The topological polar surface area (TPSA) is 55.8 Å². The molecule has 0 aromatic heterocycles. The number of carbonyl (C=O) groups excluding carboxylic acids is 1. The summed E-state index contributed by atoms with van der Waals surface area (Å²) in [7, 11) is 2.84. The zero-order chi connectivity index (χ0) is 17.3. The monoisotopic (exact) mass is 322 g/mol. The quantitative estimate of drug-likeness (QED) is 0.730. The van der Waals surface area contributed by atoms with E-state index in [1.54, 1.807) is 12.1 Å². The van der Waals surface area contributed by atoms with Crippen molar-refractivity contribution in [3.8, 4) is 22.6 Å². The largest absolute Gasteiger partial charge is 0.507 e. The average Bonchev–Trinajstić information content (AvgIpc) is 2.63. The van der Waals surface area contributed by atoms with Crippen LogP contribution in [-0.2, 0) is 4.74 Å². The van der Waals surface area contributed by atoms with Crippen molar-refractivity contribution in [2.45, 2.75) is 6.92 Å². The van der Waals surface area contributed by atoms with Crippen LogP contribution >= 0.6 is 0 Å². The number of aromatic hydroxyl groups is 1. The minimum atomic E-state index is -0.448. The molecular weight excluding hydrogens is 304 g/mol. The van der Waals surface area contributed by atoms with E-state index in [0.717, 1.165) is 27.5 Å². The van der Waals surface area contributed by atoms with Crippen molar-refractivity contribution in [1.82, 2.24) is 0 Å². The summed E-state index contributed by atoms with van der Waals surface area (Å²) in [6.07, 6.45) is 0. The van der Waals surface area contributed by atoms with Crippen LogP contribution in [0.3, 0.4) is 0 Å². The molecule has 0 aliphatic heterocycles. The third-order valence-corrected chi connectivity index (χ3v) is 4.19. The number of esters is 1. The summed E-state index contributed by atoms with van der Waals surface area (Å²) < 4.78 is 10.1. The molecule has 1 N–H and O–H groups in total. The van der Waals surface area contributed by atoms with Crippen LogP contribution in [-0.4, -0.2) is 25.3 Å². The van der Waals surface area contributed by atoms with E-state index in [-0.39, 0.29) is 5.75 Å². The van der Waals surface area contributed by atoms with Crippen LogP contribution in [0.5, 0.6) is 11.5 Å². The maximum atomic E-state index is 11.8. The van der Waals surface area contributed by atoms with Gasteiger partial charge in [-0.2, -0.15) is 0 Å². The van der Waals surface area contributed by atoms with Gasteiger partial charge in [0.25, 0.3) is 0 Å². The van der Waals surface area contributed by atoms with Crippen molar-refractivity contribution in [2.75, 3.05) is 14.2 Å². The van der Waals surface area contributed by atoms with Crippen LogP contribution in [0.15, 0.2) is 48.5 Å². The third kappa shape index (κ3) is 2.56. The van der Waals surface area contributed by atoms with Gasteiger partial charge in [-0.1, -0.05) is 30.3 Å². The van der Waals surface area contributed by atoms with Crippen LogP contribution in [0.1, 0.15) is 15.9 Å². The fraction of sp³-hybridized carbons (Fsp3) is 0.150. The molecule has 0 atom stereocenters. The summed E-state index contributed by atoms with van der Waals surface area (Å²) in [5.41, 5.74) is 2.90.